The molecular weight excluding hydrogens is 524 g/mol. The van der Waals surface area contributed by atoms with Crippen LogP contribution in [-0.2, 0) is 29.2 Å². The topological polar surface area (TPSA) is 132 Å². The van der Waals surface area contributed by atoms with E-state index in [1.807, 2.05) is 24.8 Å². The normalized spacial score (nSPS) is 22.2. The number of piperidine rings is 1. The number of rotatable bonds is 11. The number of β-amino-alcohol motifs (C(OH)–C–C–N with tert-alkyl or cyclic N) is 1. The van der Waals surface area contributed by atoms with Crippen molar-refractivity contribution in [2.24, 2.45) is 11.8 Å². The molecule has 3 aliphatic rings. The molecule has 3 aliphatic heterocycles. The molecule has 41 heavy (non-hydrogen) atoms. The van der Waals surface area contributed by atoms with Gasteiger partial charge in [0.2, 0.25) is 11.8 Å². The minimum Gasteiger partial charge on any atom is -0.485 e. The van der Waals surface area contributed by atoms with Crippen molar-refractivity contribution in [2.75, 3.05) is 39.3 Å². The maximum absolute atomic E-state index is 12.9. The number of hydrogen-bond acceptors (Lipinski definition) is 9. The van der Waals surface area contributed by atoms with Crippen LogP contribution >= 0.6 is 0 Å². The fraction of sp³-hybridized carbons (Fsp3) is 0.633. The smallest absolute Gasteiger partial charge is 0.225 e. The highest BCUT2D eigenvalue weighted by Gasteiger charge is 2.35. The summed E-state index contributed by atoms with van der Waals surface area (Å²) in [6.45, 7) is 10.8. The Labute approximate surface area is 242 Å². The summed E-state index contributed by atoms with van der Waals surface area (Å²) in [5.41, 5.74) is 3.69. The zero-order chi connectivity index (χ0) is 28.9. The SMILES string of the molecule is Cc1c(OCc2cnco2)ccc2c1CCN(C[C@@H](O)CNC(=O)C1CCNC(NC3CN(C(=O)C(C)C)C3)C1)C2. The van der Waals surface area contributed by atoms with Gasteiger partial charge in [-0.3, -0.25) is 19.8 Å². The number of nitrogens with one attached hydrogen (secondary N) is 3. The van der Waals surface area contributed by atoms with E-state index in [2.05, 4.69) is 38.8 Å². The standard InChI is InChI=1S/C30H44N6O5/c1-19(2)30(39)36-14-23(15-36)34-28-10-21(6-8-32-28)29(38)33-11-24(37)16-35-9-7-26-20(3)27(5-4-22(26)13-35)40-17-25-12-31-18-41-25/h4-5,12,18-19,21,23-24,28,32,34,37H,6-11,13-17H2,1-3H3,(H,33,38)/t21?,24-,28?/m0/s1. The second kappa shape index (κ2) is 13.3. The molecule has 2 amide bonds. The first kappa shape index (κ1) is 29.5. The Bertz CT molecular complexity index is 1180. The number of likely N-dealkylation sites (tertiary alicyclic amines) is 1. The van der Waals surface area contributed by atoms with Crippen LogP contribution in [0, 0.1) is 18.8 Å². The van der Waals surface area contributed by atoms with Crippen molar-refractivity contribution in [3.05, 3.63) is 47.2 Å². The number of fused-ring (bicyclic) bond motifs is 1. The molecule has 11 nitrogen and oxygen atoms in total. The van der Waals surface area contributed by atoms with Gasteiger partial charge in [0, 0.05) is 57.1 Å². The molecule has 2 unspecified atom stereocenters. The van der Waals surface area contributed by atoms with Crippen molar-refractivity contribution in [3.63, 3.8) is 0 Å². The summed E-state index contributed by atoms with van der Waals surface area (Å²) >= 11 is 0. The van der Waals surface area contributed by atoms with Crippen LogP contribution in [0.15, 0.2) is 29.1 Å². The molecular formula is C30H44N6O5. The Morgan fingerprint density at radius 1 is 1.29 bits per heavy atom. The van der Waals surface area contributed by atoms with Crippen LogP contribution in [0.4, 0.5) is 0 Å². The zero-order valence-electron chi connectivity index (χ0n) is 24.4. The lowest BCUT2D eigenvalue weighted by Crippen LogP contribution is -2.65. The van der Waals surface area contributed by atoms with Crippen LogP contribution in [0.3, 0.4) is 0 Å². The number of aliphatic hydroxyl groups excluding tert-OH is 1. The summed E-state index contributed by atoms with van der Waals surface area (Å²) < 4.78 is 11.2. The van der Waals surface area contributed by atoms with Crippen LogP contribution in [0.1, 0.15) is 49.1 Å². The van der Waals surface area contributed by atoms with E-state index in [9.17, 15) is 14.7 Å². The predicted molar refractivity (Wildman–Crippen MR) is 153 cm³/mol. The lowest BCUT2D eigenvalue weighted by Gasteiger charge is -2.43. The number of carbonyl (C=O) groups excluding carboxylic acids is 2. The highest BCUT2D eigenvalue weighted by atomic mass is 16.5. The zero-order valence-corrected chi connectivity index (χ0v) is 24.4. The average molecular weight is 569 g/mol. The quantitative estimate of drug-likeness (QED) is 0.316. The van der Waals surface area contributed by atoms with E-state index >= 15 is 0 Å². The van der Waals surface area contributed by atoms with Crippen molar-refractivity contribution in [1.82, 2.24) is 30.7 Å². The predicted octanol–water partition coefficient (Wildman–Crippen LogP) is 1.18. The molecule has 0 bridgehead atoms. The van der Waals surface area contributed by atoms with Gasteiger partial charge in [-0.05, 0) is 55.5 Å². The molecule has 0 aliphatic carbocycles. The fourth-order valence-electron chi connectivity index (χ4n) is 6.07. The van der Waals surface area contributed by atoms with Crippen molar-refractivity contribution >= 4 is 11.8 Å². The summed E-state index contributed by atoms with van der Waals surface area (Å²) in [5, 5.41) is 20.7. The number of nitrogens with zero attached hydrogens (tertiary/aromatic N) is 3. The number of hydrogen-bond donors (Lipinski definition) is 4. The first-order valence-corrected chi connectivity index (χ1v) is 14.8. The van der Waals surface area contributed by atoms with E-state index in [1.165, 1.54) is 17.5 Å². The van der Waals surface area contributed by atoms with Crippen LogP contribution in [0.5, 0.6) is 5.75 Å². The first-order valence-electron chi connectivity index (χ1n) is 14.8. The van der Waals surface area contributed by atoms with Crippen molar-refractivity contribution in [3.8, 4) is 5.75 Å². The van der Waals surface area contributed by atoms with Crippen LogP contribution in [0.25, 0.3) is 0 Å². The van der Waals surface area contributed by atoms with E-state index in [-0.39, 0.29) is 42.4 Å². The number of aliphatic hydroxyl groups is 1. The summed E-state index contributed by atoms with van der Waals surface area (Å²) in [4.78, 5) is 33.1. The molecule has 2 fully saturated rings. The van der Waals surface area contributed by atoms with Crippen LogP contribution in [-0.4, -0.2) is 89.3 Å². The second-order valence-corrected chi connectivity index (χ2v) is 12.0. The molecule has 1 aromatic carbocycles. The lowest BCUT2D eigenvalue weighted by molar-refractivity contribution is -0.139. The molecule has 224 valence electrons. The summed E-state index contributed by atoms with van der Waals surface area (Å²) in [5.74, 6) is 1.65. The third kappa shape index (κ3) is 7.45. The van der Waals surface area contributed by atoms with Gasteiger partial charge in [0.1, 0.15) is 12.4 Å². The molecule has 4 heterocycles. The monoisotopic (exact) mass is 568 g/mol. The molecule has 0 spiro atoms. The number of ether oxygens (including phenoxy) is 1. The molecule has 11 heteroatoms. The highest BCUT2D eigenvalue weighted by Crippen LogP contribution is 2.30. The maximum atomic E-state index is 12.9. The molecule has 1 aromatic heterocycles. The third-order valence-electron chi connectivity index (χ3n) is 8.45. The number of oxazole rings is 1. The van der Waals surface area contributed by atoms with Crippen LogP contribution < -0.4 is 20.7 Å². The van der Waals surface area contributed by atoms with Gasteiger partial charge in [-0.15, -0.1) is 0 Å². The summed E-state index contributed by atoms with van der Waals surface area (Å²) in [6.07, 6.45) is 4.82. The summed E-state index contributed by atoms with van der Waals surface area (Å²) in [7, 11) is 0. The average Bonchev–Trinajstić information content (AvgIpc) is 3.46. The molecule has 4 N–H and O–H groups in total. The van der Waals surface area contributed by atoms with Gasteiger partial charge in [0.25, 0.3) is 0 Å². The second-order valence-electron chi connectivity index (χ2n) is 12.0. The first-order chi connectivity index (χ1) is 19.8. The van der Waals surface area contributed by atoms with Crippen molar-refractivity contribution in [1.29, 1.82) is 0 Å². The van der Waals surface area contributed by atoms with Crippen molar-refractivity contribution in [2.45, 2.75) is 71.5 Å². The number of benzene rings is 1. The van der Waals surface area contributed by atoms with Crippen molar-refractivity contribution < 1.29 is 23.8 Å². The number of amides is 2. The minimum absolute atomic E-state index is 0.0000418. The van der Waals surface area contributed by atoms with Gasteiger partial charge in [-0.25, -0.2) is 4.98 Å². The Morgan fingerprint density at radius 2 is 2.12 bits per heavy atom. The number of aromatic nitrogens is 1. The van der Waals surface area contributed by atoms with E-state index in [0.717, 1.165) is 56.9 Å². The fourth-order valence-corrected chi connectivity index (χ4v) is 6.07. The highest BCUT2D eigenvalue weighted by molar-refractivity contribution is 5.79. The molecule has 0 radical (unpaired) electrons. The minimum atomic E-state index is -0.638. The Balaban J connectivity index is 1.02. The van der Waals surface area contributed by atoms with Gasteiger partial charge < -0.3 is 29.8 Å². The van der Waals surface area contributed by atoms with E-state index in [1.54, 1.807) is 6.20 Å². The lowest BCUT2D eigenvalue weighted by atomic mass is 9.93. The van der Waals surface area contributed by atoms with E-state index in [0.29, 0.717) is 25.3 Å². The van der Waals surface area contributed by atoms with Gasteiger partial charge >= 0.3 is 0 Å². The van der Waals surface area contributed by atoms with Gasteiger partial charge in [0.15, 0.2) is 12.2 Å². The van der Waals surface area contributed by atoms with E-state index in [4.69, 9.17) is 9.15 Å². The largest absolute Gasteiger partial charge is 0.485 e. The van der Waals surface area contributed by atoms with Gasteiger partial charge in [-0.2, -0.15) is 0 Å². The van der Waals surface area contributed by atoms with Gasteiger partial charge in [0.05, 0.1) is 18.5 Å². The number of carbonyl (C=O) groups is 2. The Morgan fingerprint density at radius 3 is 2.88 bits per heavy atom. The molecule has 2 saturated heterocycles. The molecule has 2 aromatic rings. The van der Waals surface area contributed by atoms with E-state index < -0.39 is 6.10 Å². The summed E-state index contributed by atoms with van der Waals surface area (Å²) in [6, 6.07) is 4.36. The van der Waals surface area contributed by atoms with Gasteiger partial charge in [-0.1, -0.05) is 19.9 Å². The Hall–Kier alpha value is -2.99. The molecule has 0 saturated carbocycles. The maximum Gasteiger partial charge on any atom is 0.225 e. The molecule has 5 rings (SSSR count). The molecule has 3 atom stereocenters. The van der Waals surface area contributed by atoms with Crippen LogP contribution in [0.2, 0.25) is 0 Å². The Kier molecular flexibility index (Phi) is 9.59. The third-order valence-corrected chi connectivity index (χ3v) is 8.45.